The van der Waals surface area contributed by atoms with Crippen LogP contribution in [0.5, 0.6) is 0 Å². The van der Waals surface area contributed by atoms with Crippen molar-refractivity contribution in [2.24, 2.45) is 0 Å². The number of hydrogen-bond donors (Lipinski definition) is 0. The SMILES string of the molecule is CCCc1c(C(=O)[O-])noc1-c1ccccn1.[Na+]. The maximum atomic E-state index is 10.9. The zero-order chi connectivity index (χ0) is 12.3. The van der Waals surface area contributed by atoms with Crippen molar-refractivity contribution in [2.75, 3.05) is 0 Å². The van der Waals surface area contributed by atoms with E-state index in [1.807, 2.05) is 6.92 Å². The van der Waals surface area contributed by atoms with Crippen molar-refractivity contribution in [3.8, 4) is 11.5 Å². The van der Waals surface area contributed by atoms with Gasteiger partial charge in [0.25, 0.3) is 0 Å². The molecule has 0 fully saturated rings. The molecule has 5 nitrogen and oxygen atoms in total. The number of carbonyl (C=O) groups is 1. The number of nitrogens with zero attached hydrogens (tertiary/aromatic N) is 2. The van der Waals surface area contributed by atoms with Gasteiger partial charge in [0.15, 0.2) is 5.76 Å². The first kappa shape index (κ1) is 14.9. The normalized spacial score (nSPS) is 9.83. The molecular weight excluding hydrogens is 243 g/mol. The number of rotatable bonds is 4. The van der Waals surface area contributed by atoms with Crippen LogP contribution in [0.25, 0.3) is 11.5 Å². The fourth-order valence-electron chi connectivity index (χ4n) is 1.65. The molecule has 0 saturated carbocycles. The second-order valence-corrected chi connectivity index (χ2v) is 3.59. The second kappa shape index (κ2) is 6.68. The summed E-state index contributed by atoms with van der Waals surface area (Å²) in [6.45, 7) is 1.95. The van der Waals surface area contributed by atoms with E-state index in [0.717, 1.165) is 6.42 Å². The molecule has 0 bridgehead atoms. The van der Waals surface area contributed by atoms with E-state index < -0.39 is 5.97 Å². The summed E-state index contributed by atoms with van der Waals surface area (Å²) in [6.07, 6.45) is 2.98. The van der Waals surface area contributed by atoms with E-state index in [0.29, 0.717) is 23.4 Å². The average Bonchev–Trinajstić information content (AvgIpc) is 2.75. The van der Waals surface area contributed by atoms with E-state index in [-0.39, 0.29) is 35.3 Å². The molecule has 0 aromatic carbocycles. The van der Waals surface area contributed by atoms with Crippen molar-refractivity contribution >= 4 is 5.97 Å². The molecule has 0 amide bonds. The number of aromatic nitrogens is 2. The first-order valence-corrected chi connectivity index (χ1v) is 5.35. The third-order valence-corrected chi connectivity index (χ3v) is 2.38. The monoisotopic (exact) mass is 254 g/mol. The molecule has 6 heteroatoms. The Bertz CT molecular complexity index is 525. The van der Waals surface area contributed by atoms with Crippen molar-refractivity contribution in [1.82, 2.24) is 10.1 Å². The molecule has 0 aliphatic rings. The molecule has 0 spiro atoms. The average molecular weight is 254 g/mol. The van der Waals surface area contributed by atoms with Crippen LogP contribution >= 0.6 is 0 Å². The minimum atomic E-state index is -1.32. The van der Waals surface area contributed by atoms with Crippen molar-refractivity contribution < 1.29 is 44.0 Å². The van der Waals surface area contributed by atoms with Gasteiger partial charge in [-0.2, -0.15) is 0 Å². The molecule has 2 rings (SSSR count). The quantitative estimate of drug-likeness (QED) is 0.593. The molecule has 2 aromatic rings. The predicted octanol–water partition coefficient (Wildman–Crippen LogP) is -1.94. The fraction of sp³-hybridized carbons (Fsp3) is 0.250. The summed E-state index contributed by atoms with van der Waals surface area (Å²) >= 11 is 0. The first-order valence-electron chi connectivity index (χ1n) is 5.35. The molecule has 88 valence electrons. The molecule has 0 aliphatic carbocycles. The van der Waals surface area contributed by atoms with Crippen LogP contribution in [-0.4, -0.2) is 16.1 Å². The summed E-state index contributed by atoms with van der Waals surface area (Å²) in [7, 11) is 0. The maximum Gasteiger partial charge on any atom is 1.00 e. The zero-order valence-corrected chi connectivity index (χ0v) is 12.3. The van der Waals surface area contributed by atoms with E-state index >= 15 is 0 Å². The Morgan fingerprint density at radius 1 is 1.44 bits per heavy atom. The number of aromatic carboxylic acids is 1. The Morgan fingerprint density at radius 3 is 2.78 bits per heavy atom. The minimum absolute atomic E-state index is 0. The van der Waals surface area contributed by atoms with E-state index in [2.05, 4.69) is 10.1 Å². The second-order valence-electron chi connectivity index (χ2n) is 3.59. The van der Waals surface area contributed by atoms with Crippen LogP contribution in [0.2, 0.25) is 0 Å². The van der Waals surface area contributed by atoms with Gasteiger partial charge in [0, 0.05) is 11.8 Å². The van der Waals surface area contributed by atoms with Crippen molar-refractivity contribution in [3.05, 3.63) is 35.7 Å². The summed E-state index contributed by atoms with van der Waals surface area (Å²) < 4.78 is 5.06. The fourth-order valence-corrected chi connectivity index (χ4v) is 1.65. The maximum absolute atomic E-state index is 10.9. The number of carbonyl (C=O) groups excluding carboxylic acids is 1. The standard InChI is InChI=1S/C12H12N2O3.Na/c1-2-5-8-10(12(15)16)14-17-11(8)9-6-3-4-7-13-9;/h3-4,6-7H,2,5H2,1H3,(H,15,16);/q;+1/p-1. The summed E-state index contributed by atoms with van der Waals surface area (Å²) in [5.74, 6) is -0.911. The van der Waals surface area contributed by atoms with Gasteiger partial charge in [0.2, 0.25) is 0 Å². The van der Waals surface area contributed by atoms with E-state index in [4.69, 9.17) is 4.52 Å². The summed E-state index contributed by atoms with van der Waals surface area (Å²) in [5, 5.41) is 14.4. The summed E-state index contributed by atoms with van der Waals surface area (Å²) in [6, 6.07) is 5.33. The molecular formula is C12H11N2NaO3. The Labute approximate surface area is 127 Å². The van der Waals surface area contributed by atoms with Crippen LogP contribution in [0.15, 0.2) is 28.9 Å². The molecule has 0 N–H and O–H groups in total. The number of hydrogen-bond acceptors (Lipinski definition) is 5. The number of pyridine rings is 1. The largest absolute Gasteiger partial charge is 1.00 e. The molecule has 18 heavy (non-hydrogen) atoms. The first-order chi connectivity index (χ1) is 8.24. The van der Waals surface area contributed by atoms with E-state index in [1.54, 1.807) is 24.4 Å². The van der Waals surface area contributed by atoms with Gasteiger partial charge in [-0.25, -0.2) is 0 Å². The van der Waals surface area contributed by atoms with Crippen molar-refractivity contribution in [2.45, 2.75) is 19.8 Å². The predicted molar refractivity (Wildman–Crippen MR) is 58.1 cm³/mol. The molecule has 0 aliphatic heterocycles. The van der Waals surface area contributed by atoms with Gasteiger partial charge in [0.1, 0.15) is 11.4 Å². The van der Waals surface area contributed by atoms with Crippen LogP contribution in [-0.2, 0) is 6.42 Å². The Balaban J connectivity index is 0.00000162. The van der Waals surface area contributed by atoms with E-state index in [9.17, 15) is 9.90 Å². The van der Waals surface area contributed by atoms with Gasteiger partial charge in [-0.15, -0.1) is 0 Å². The van der Waals surface area contributed by atoms with Crippen LogP contribution in [0.3, 0.4) is 0 Å². The Hall–Kier alpha value is -1.17. The zero-order valence-electron chi connectivity index (χ0n) is 10.3. The topological polar surface area (TPSA) is 79.0 Å². The smallest absolute Gasteiger partial charge is 0.543 e. The van der Waals surface area contributed by atoms with Crippen LogP contribution in [0.1, 0.15) is 29.4 Å². The third-order valence-electron chi connectivity index (χ3n) is 2.38. The number of carboxylic acid groups (broad SMARTS) is 1. The van der Waals surface area contributed by atoms with Crippen molar-refractivity contribution in [3.63, 3.8) is 0 Å². The molecule has 2 heterocycles. The van der Waals surface area contributed by atoms with Gasteiger partial charge < -0.3 is 14.4 Å². The molecule has 2 aromatic heterocycles. The minimum Gasteiger partial charge on any atom is -0.543 e. The molecule has 0 unspecified atom stereocenters. The van der Waals surface area contributed by atoms with Gasteiger partial charge in [-0.3, -0.25) is 4.98 Å². The Morgan fingerprint density at radius 2 is 2.22 bits per heavy atom. The van der Waals surface area contributed by atoms with E-state index in [1.165, 1.54) is 0 Å². The summed E-state index contributed by atoms with van der Waals surface area (Å²) in [5.41, 5.74) is 0.995. The van der Waals surface area contributed by atoms with Crippen molar-refractivity contribution in [1.29, 1.82) is 0 Å². The van der Waals surface area contributed by atoms with Gasteiger partial charge >= 0.3 is 29.6 Å². The van der Waals surface area contributed by atoms with Crippen LogP contribution in [0.4, 0.5) is 0 Å². The van der Waals surface area contributed by atoms with Gasteiger partial charge in [-0.1, -0.05) is 24.6 Å². The molecule has 0 saturated heterocycles. The van der Waals surface area contributed by atoms with Crippen LogP contribution in [0, 0.1) is 0 Å². The third kappa shape index (κ3) is 2.98. The summed E-state index contributed by atoms with van der Waals surface area (Å²) in [4.78, 5) is 15.0. The van der Waals surface area contributed by atoms with Crippen LogP contribution < -0.4 is 34.7 Å². The number of carboxylic acids is 1. The van der Waals surface area contributed by atoms with Gasteiger partial charge in [0.05, 0.1) is 5.97 Å². The van der Waals surface area contributed by atoms with Gasteiger partial charge in [-0.05, 0) is 18.6 Å². The Kier molecular flexibility index (Phi) is 5.53. The molecule has 0 atom stereocenters. The molecule has 0 radical (unpaired) electrons.